The molecule has 0 unspecified atom stereocenters. The first kappa shape index (κ1) is 17.4. The van der Waals surface area contributed by atoms with Gasteiger partial charge in [0.1, 0.15) is 11.6 Å². The van der Waals surface area contributed by atoms with Crippen LogP contribution in [-0.4, -0.2) is 41.3 Å². The summed E-state index contributed by atoms with van der Waals surface area (Å²) in [5.41, 5.74) is 3.29. The zero-order valence-electron chi connectivity index (χ0n) is 14.9. The molecule has 0 atom stereocenters. The van der Waals surface area contributed by atoms with Gasteiger partial charge in [0.2, 0.25) is 0 Å². The summed E-state index contributed by atoms with van der Waals surface area (Å²) in [7, 11) is 0. The lowest BCUT2D eigenvalue weighted by atomic mass is 10.1. The van der Waals surface area contributed by atoms with Crippen LogP contribution in [0.3, 0.4) is 0 Å². The van der Waals surface area contributed by atoms with Crippen molar-refractivity contribution in [1.29, 1.82) is 0 Å². The molecule has 3 aromatic rings. The molecule has 4 rings (SSSR count). The summed E-state index contributed by atoms with van der Waals surface area (Å²) in [5, 5.41) is 9.17. The molecule has 6 heteroatoms. The van der Waals surface area contributed by atoms with Crippen molar-refractivity contribution in [2.45, 2.75) is 6.61 Å². The molecule has 138 valence electrons. The van der Waals surface area contributed by atoms with Gasteiger partial charge < -0.3 is 14.9 Å². The minimum atomic E-state index is -0.181. The van der Waals surface area contributed by atoms with E-state index in [0.29, 0.717) is 5.69 Å². The lowest BCUT2D eigenvalue weighted by Gasteiger charge is -2.36. The number of hydrogen-bond donors (Lipinski definition) is 1. The monoisotopic (exact) mass is 364 g/mol. The zero-order valence-corrected chi connectivity index (χ0v) is 14.9. The molecular formula is C21H21FN4O. The molecule has 1 aliphatic rings. The van der Waals surface area contributed by atoms with Crippen LogP contribution in [0.4, 0.5) is 15.9 Å². The number of hydrogen-bond acceptors (Lipinski definition) is 5. The van der Waals surface area contributed by atoms with Gasteiger partial charge >= 0.3 is 0 Å². The third kappa shape index (κ3) is 3.75. The van der Waals surface area contributed by atoms with Gasteiger partial charge in [0.05, 0.1) is 30.4 Å². The molecule has 0 radical (unpaired) electrons. The quantitative estimate of drug-likeness (QED) is 0.771. The molecule has 1 N–H and O–H groups in total. The molecule has 1 aromatic heterocycles. The summed E-state index contributed by atoms with van der Waals surface area (Å²) in [6.07, 6.45) is 3.51. The number of nitrogens with zero attached hydrogens (tertiary/aromatic N) is 4. The average molecular weight is 364 g/mol. The Balaban J connectivity index is 1.48. The summed E-state index contributed by atoms with van der Waals surface area (Å²) < 4.78 is 14.0. The minimum absolute atomic E-state index is 0.0261. The highest BCUT2D eigenvalue weighted by atomic mass is 19.1. The largest absolute Gasteiger partial charge is 0.392 e. The van der Waals surface area contributed by atoms with E-state index in [-0.39, 0.29) is 12.4 Å². The fourth-order valence-corrected chi connectivity index (χ4v) is 3.31. The Kier molecular flexibility index (Phi) is 4.98. The van der Waals surface area contributed by atoms with Gasteiger partial charge in [0.15, 0.2) is 0 Å². The number of piperazine rings is 1. The number of para-hydroxylation sites is 1. The lowest BCUT2D eigenvalue weighted by molar-refractivity contribution is 0.282. The van der Waals surface area contributed by atoms with E-state index in [2.05, 4.69) is 14.8 Å². The van der Waals surface area contributed by atoms with E-state index in [1.54, 1.807) is 18.5 Å². The molecule has 0 bridgehead atoms. The first-order valence-corrected chi connectivity index (χ1v) is 9.01. The number of halogens is 1. The SMILES string of the molecule is OCc1ccc(-c2cncc(N3CCN(c4ccccc4F)CC3)n2)cc1. The Bertz CT molecular complexity index is 908. The maximum Gasteiger partial charge on any atom is 0.147 e. The smallest absolute Gasteiger partial charge is 0.147 e. The Morgan fingerprint density at radius 1 is 0.889 bits per heavy atom. The second kappa shape index (κ2) is 7.72. The van der Waals surface area contributed by atoms with E-state index in [9.17, 15) is 9.50 Å². The van der Waals surface area contributed by atoms with Crippen LogP contribution in [0, 0.1) is 5.82 Å². The maximum absolute atomic E-state index is 14.0. The normalized spacial score (nSPS) is 14.4. The molecule has 1 saturated heterocycles. The average Bonchev–Trinajstić information content (AvgIpc) is 2.74. The van der Waals surface area contributed by atoms with Crippen LogP contribution >= 0.6 is 0 Å². The van der Waals surface area contributed by atoms with Gasteiger partial charge in [-0.25, -0.2) is 9.37 Å². The number of anilines is 2. The van der Waals surface area contributed by atoms with Crippen molar-refractivity contribution in [3.8, 4) is 11.3 Å². The van der Waals surface area contributed by atoms with Crippen molar-refractivity contribution in [3.05, 3.63) is 72.3 Å². The van der Waals surface area contributed by atoms with Gasteiger partial charge in [-0.2, -0.15) is 0 Å². The number of aliphatic hydroxyl groups excluding tert-OH is 1. The van der Waals surface area contributed by atoms with Crippen LogP contribution in [0.15, 0.2) is 60.9 Å². The predicted octanol–water partition coefficient (Wildman–Crippen LogP) is 3.10. The van der Waals surface area contributed by atoms with Gasteiger partial charge in [-0.15, -0.1) is 0 Å². The fourth-order valence-electron chi connectivity index (χ4n) is 3.31. The standard InChI is InChI=1S/C21H21FN4O/c22-18-3-1-2-4-20(18)25-9-11-26(12-10-25)21-14-23-13-19(24-21)17-7-5-16(15-27)6-8-17/h1-8,13-14,27H,9-12,15H2. The van der Waals surface area contributed by atoms with Crippen molar-refractivity contribution in [2.24, 2.45) is 0 Å². The first-order chi connectivity index (χ1) is 13.2. The van der Waals surface area contributed by atoms with Crippen LogP contribution in [0.25, 0.3) is 11.3 Å². The van der Waals surface area contributed by atoms with E-state index >= 15 is 0 Å². The third-order valence-corrected chi connectivity index (χ3v) is 4.85. The van der Waals surface area contributed by atoms with Crippen molar-refractivity contribution in [3.63, 3.8) is 0 Å². The van der Waals surface area contributed by atoms with E-state index < -0.39 is 0 Å². The Hall–Kier alpha value is -2.99. The molecule has 0 amide bonds. The third-order valence-electron chi connectivity index (χ3n) is 4.85. The van der Waals surface area contributed by atoms with Gasteiger partial charge in [0.25, 0.3) is 0 Å². The van der Waals surface area contributed by atoms with E-state index in [4.69, 9.17) is 4.98 Å². The zero-order chi connectivity index (χ0) is 18.6. The number of aromatic nitrogens is 2. The van der Waals surface area contributed by atoms with Gasteiger partial charge in [-0.1, -0.05) is 36.4 Å². The summed E-state index contributed by atoms with van der Waals surface area (Å²) in [6.45, 7) is 3.01. The summed E-state index contributed by atoms with van der Waals surface area (Å²) in [6, 6.07) is 14.5. The highest BCUT2D eigenvalue weighted by Crippen LogP contribution is 2.24. The molecular weight excluding hydrogens is 343 g/mol. The second-order valence-corrected chi connectivity index (χ2v) is 6.54. The van der Waals surface area contributed by atoms with Crippen molar-refractivity contribution in [2.75, 3.05) is 36.0 Å². The Morgan fingerprint density at radius 3 is 2.30 bits per heavy atom. The van der Waals surface area contributed by atoms with Crippen LogP contribution in [0.1, 0.15) is 5.56 Å². The molecule has 0 spiro atoms. The number of rotatable bonds is 4. The van der Waals surface area contributed by atoms with Crippen LogP contribution in [0.5, 0.6) is 0 Å². The van der Waals surface area contributed by atoms with E-state index in [1.165, 1.54) is 6.07 Å². The van der Waals surface area contributed by atoms with Crippen LogP contribution in [0.2, 0.25) is 0 Å². The summed E-state index contributed by atoms with van der Waals surface area (Å²) >= 11 is 0. The fraction of sp³-hybridized carbons (Fsp3) is 0.238. The van der Waals surface area contributed by atoms with Crippen LogP contribution in [-0.2, 0) is 6.61 Å². The van der Waals surface area contributed by atoms with Crippen molar-refractivity contribution >= 4 is 11.5 Å². The molecule has 0 aliphatic carbocycles. The van der Waals surface area contributed by atoms with Gasteiger partial charge in [-0.3, -0.25) is 4.98 Å². The van der Waals surface area contributed by atoms with Gasteiger partial charge in [0, 0.05) is 31.7 Å². The molecule has 27 heavy (non-hydrogen) atoms. The lowest BCUT2D eigenvalue weighted by Crippen LogP contribution is -2.47. The van der Waals surface area contributed by atoms with Crippen molar-refractivity contribution in [1.82, 2.24) is 9.97 Å². The highest BCUT2D eigenvalue weighted by Gasteiger charge is 2.20. The molecule has 5 nitrogen and oxygen atoms in total. The highest BCUT2D eigenvalue weighted by molar-refractivity contribution is 5.61. The molecule has 0 saturated carbocycles. The first-order valence-electron chi connectivity index (χ1n) is 9.01. The van der Waals surface area contributed by atoms with E-state index in [1.807, 2.05) is 36.4 Å². The van der Waals surface area contributed by atoms with Gasteiger partial charge in [-0.05, 0) is 17.7 Å². The molecule has 2 heterocycles. The van der Waals surface area contributed by atoms with Crippen molar-refractivity contribution < 1.29 is 9.50 Å². The molecule has 2 aromatic carbocycles. The second-order valence-electron chi connectivity index (χ2n) is 6.54. The molecule has 1 aliphatic heterocycles. The number of benzene rings is 2. The Morgan fingerprint density at radius 2 is 1.59 bits per heavy atom. The summed E-state index contributed by atoms with van der Waals surface area (Å²) in [4.78, 5) is 13.3. The van der Waals surface area contributed by atoms with E-state index in [0.717, 1.165) is 48.8 Å². The Labute approximate surface area is 157 Å². The minimum Gasteiger partial charge on any atom is -0.392 e. The topological polar surface area (TPSA) is 52.5 Å². The predicted molar refractivity (Wildman–Crippen MR) is 104 cm³/mol. The van der Waals surface area contributed by atoms with Crippen LogP contribution < -0.4 is 9.80 Å². The number of aliphatic hydroxyl groups is 1. The molecule has 1 fully saturated rings. The maximum atomic E-state index is 14.0. The summed E-state index contributed by atoms with van der Waals surface area (Å²) in [5.74, 6) is 0.644.